The third kappa shape index (κ3) is 1.52. The summed E-state index contributed by atoms with van der Waals surface area (Å²) in [6.45, 7) is 4.88. The summed E-state index contributed by atoms with van der Waals surface area (Å²) >= 11 is 0. The van der Waals surface area contributed by atoms with Crippen molar-refractivity contribution in [3.63, 3.8) is 0 Å². The fourth-order valence-corrected chi connectivity index (χ4v) is 1.07. The molecule has 1 aliphatic rings. The molecule has 0 unspecified atom stereocenters. The predicted molar refractivity (Wildman–Crippen MR) is 36.3 cm³/mol. The van der Waals surface area contributed by atoms with E-state index in [0.29, 0.717) is 18.2 Å². The Morgan fingerprint density at radius 1 is 1.56 bits per heavy atom. The Hall–Kier alpha value is -0.370. The van der Waals surface area contributed by atoms with Crippen molar-refractivity contribution in [2.75, 3.05) is 6.54 Å². The van der Waals surface area contributed by atoms with E-state index in [1.165, 1.54) is 0 Å². The standard InChI is InChI=1S/C7H13NO/c1-5-4-8-6(2)3-7(5)9/h5-6,8H,3-4H2,1-2H3/t5-,6+/m0/s1. The number of hydrogen-bond acceptors (Lipinski definition) is 2. The topological polar surface area (TPSA) is 29.1 Å². The molecule has 1 heterocycles. The second kappa shape index (κ2) is 2.48. The summed E-state index contributed by atoms with van der Waals surface area (Å²) < 4.78 is 0. The highest BCUT2D eigenvalue weighted by atomic mass is 16.1. The monoisotopic (exact) mass is 127 g/mol. The van der Waals surface area contributed by atoms with Gasteiger partial charge in [0.25, 0.3) is 0 Å². The molecule has 0 spiro atoms. The molecule has 0 bridgehead atoms. The van der Waals surface area contributed by atoms with Crippen LogP contribution in [0.2, 0.25) is 0 Å². The van der Waals surface area contributed by atoms with Gasteiger partial charge in [-0.1, -0.05) is 6.92 Å². The van der Waals surface area contributed by atoms with Crippen molar-refractivity contribution in [3.05, 3.63) is 0 Å². The van der Waals surface area contributed by atoms with E-state index in [1.54, 1.807) is 0 Å². The molecule has 1 rings (SSSR count). The van der Waals surface area contributed by atoms with E-state index in [1.807, 2.05) is 13.8 Å². The molecular formula is C7H13NO. The molecule has 0 aromatic rings. The molecule has 0 radical (unpaired) electrons. The first kappa shape index (κ1) is 6.75. The maximum absolute atomic E-state index is 11.0. The molecule has 0 amide bonds. The van der Waals surface area contributed by atoms with Gasteiger partial charge in [-0.2, -0.15) is 0 Å². The van der Waals surface area contributed by atoms with Crippen molar-refractivity contribution >= 4 is 5.78 Å². The highest BCUT2D eigenvalue weighted by molar-refractivity contribution is 5.82. The van der Waals surface area contributed by atoms with Crippen molar-refractivity contribution < 1.29 is 4.79 Å². The van der Waals surface area contributed by atoms with Gasteiger partial charge in [0.15, 0.2) is 0 Å². The van der Waals surface area contributed by atoms with Gasteiger partial charge in [-0.3, -0.25) is 4.79 Å². The van der Waals surface area contributed by atoms with E-state index in [-0.39, 0.29) is 5.92 Å². The van der Waals surface area contributed by atoms with Crippen molar-refractivity contribution in [2.45, 2.75) is 26.3 Å². The number of nitrogens with one attached hydrogen (secondary N) is 1. The average molecular weight is 127 g/mol. The lowest BCUT2D eigenvalue weighted by atomic mass is 9.96. The van der Waals surface area contributed by atoms with Gasteiger partial charge in [0, 0.05) is 24.9 Å². The second-order valence-corrected chi connectivity index (χ2v) is 2.88. The van der Waals surface area contributed by atoms with E-state index >= 15 is 0 Å². The van der Waals surface area contributed by atoms with Crippen LogP contribution in [0.5, 0.6) is 0 Å². The van der Waals surface area contributed by atoms with Crippen LogP contribution in [-0.4, -0.2) is 18.4 Å². The van der Waals surface area contributed by atoms with Crippen LogP contribution in [0.15, 0.2) is 0 Å². The fraction of sp³-hybridized carbons (Fsp3) is 0.857. The number of carbonyl (C=O) groups excluding carboxylic acids is 1. The number of piperidine rings is 1. The van der Waals surface area contributed by atoms with E-state index in [0.717, 1.165) is 6.54 Å². The quantitative estimate of drug-likeness (QED) is 0.515. The highest BCUT2D eigenvalue weighted by Crippen LogP contribution is 2.08. The molecule has 52 valence electrons. The molecule has 2 nitrogen and oxygen atoms in total. The van der Waals surface area contributed by atoms with E-state index in [9.17, 15) is 4.79 Å². The SMILES string of the molecule is C[C@@H]1CC(=O)[C@@H](C)CN1. The van der Waals surface area contributed by atoms with Crippen LogP contribution >= 0.6 is 0 Å². The molecule has 0 saturated carbocycles. The van der Waals surface area contributed by atoms with Gasteiger partial charge in [-0.05, 0) is 6.92 Å². The van der Waals surface area contributed by atoms with Crippen LogP contribution in [0.3, 0.4) is 0 Å². The lowest BCUT2D eigenvalue weighted by Crippen LogP contribution is -2.41. The van der Waals surface area contributed by atoms with Gasteiger partial charge in [0.2, 0.25) is 0 Å². The summed E-state index contributed by atoms with van der Waals surface area (Å²) in [6.07, 6.45) is 0.709. The van der Waals surface area contributed by atoms with Crippen molar-refractivity contribution in [2.24, 2.45) is 5.92 Å². The summed E-state index contributed by atoms with van der Waals surface area (Å²) in [5.41, 5.74) is 0. The molecule has 1 fully saturated rings. The van der Waals surface area contributed by atoms with Crippen molar-refractivity contribution in [3.8, 4) is 0 Å². The molecule has 9 heavy (non-hydrogen) atoms. The molecule has 1 saturated heterocycles. The number of Topliss-reactive ketones (excluding diaryl/α,β-unsaturated/α-hetero) is 1. The second-order valence-electron chi connectivity index (χ2n) is 2.88. The highest BCUT2D eigenvalue weighted by Gasteiger charge is 2.21. The largest absolute Gasteiger partial charge is 0.313 e. The number of ketones is 1. The normalized spacial score (nSPS) is 36.9. The van der Waals surface area contributed by atoms with Crippen LogP contribution in [0, 0.1) is 5.92 Å². The van der Waals surface area contributed by atoms with E-state index < -0.39 is 0 Å². The molecule has 0 aromatic carbocycles. The minimum atomic E-state index is 0.237. The predicted octanol–water partition coefficient (Wildman–Crippen LogP) is 0.573. The van der Waals surface area contributed by atoms with Crippen molar-refractivity contribution in [1.82, 2.24) is 5.32 Å². The fourth-order valence-electron chi connectivity index (χ4n) is 1.07. The lowest BCUT2D eigenvalue weighted by Gasteiger charge is -2.23. The van der Waals surface area contributed by atoms with Gasteiger partial charge < -0.3 is 5.32 Å². The van der Waals surface area contributed by atoms with Gasteiger partial charge in [0.05, 0.1) is 0 Å². The average Bonchev–Trinajstić information content (AvgIpc) is 1.80. The van der Waals surface area contributed by atoms with Crippen molar-refractivity contribution in [1.29, 1.82) is 0 Å². The van der Waals surface area contributed by atoms with E-state index in [4.69, 9.17) is 0 Å². The van der Waals surface area contributed by atoms with E-state index in [2.05, 4.69) is 5.32 Å². The smallest absolute Gasteiger partial charge is 0.138 e. The maximum atomic E-state index is 11.0. The Morgan fingerprint density at radius 2 is 2.22 bits per heavy atom. The van der Waals surface area contributed by atoms with Crippen LogP contribution in [-0.2, 0) is 4.79 Å². The minimum absolute atomic E-state index is 0.237. The number of hydrogen-bond donors (Lipinski definition) is 1. The third-order valence-corrected chi connectivity index (χ3v) is 1.83. The molecule has 2 heteroatoms. The Kier molecular flexibility index (Phi) is 1.86. The molecule has 0 aromatic heterocycles. The van der Waals surface area contributed by atoms with Crippen LogP contribution in [0.4, 0.5) is 0 Å². The summed E-state index contributed by atoms with van der Waals surface area (Å²) in [5, 5.41) is 3.24. The summed E-state index contributed by atoms with van der Waals surface area (Å²) in [5.74, 6) is 0.641. The molecule has 1 N–H and O–H groups in total. The minimum Gasteiger partial charge on any atom is -0.313 e. The summed E-state index contributed by atoms with van der Waals surface area (Å²) in [7, 11) is 0. The summed E-state index contributed by atoms with van der Waals surface area (Å²) in [6, 6.07) is 0.397. The van der Waals surface area contributed by atoms with Crippen LogP contribution < -0.4 is 5.32 Å². The number of carbonyl (C=O) groups is 1. The van der Waals surface area contributed by atoms with Gasteiger partial charge >= 0.3 is 0 Å². The van der Waals surface area contributed by atoms with Gasteiger partial charge in [-0.25, -0.2) is 0 Å². The Labute approximate surface area is 55.6 Å². The van der Waals surface area contributed by atoms with Gasteiger partial charge in [-0.15, -0.1) is 0 Å². The van der Waals surface area contributed by atoms with Gasteiger partial charge in [0.1, 0.15) is 5.78 Å². The maximum Gasteiger partial charge on any atom is 0.138 e. The Morgan fingerprint density at radius 3 is 2.67 bits per heavy atom. The molecule has 0 aliphatic carbocycles. The molecule has 2 atom stereocenters. The first-order chi connectivity index (χ1) is 4.20. The van der Waals surface area contributed by atoms with Crippen LogP contribution in [0.25, 0.3) is 0 Å². The first-order valence-corrected chi connectivity index (χ1v) is 3.46. The Balaban J connectivity index is 2.44. The lowest BCUT2D eigenvalue weighted by molar-refractivity contribution is -0.124. The molecule has 1 aliphatic heterocycles. The Bertz CT molecular complexity index is 122. The zero-order valence-electron chi connectivity index (χ0n) is 5.98. The zero-order chi connectivity index (χ0) is 6.85. The zero-order valence-corrected chi connectivity index (χ0v) is 5.98. The molecular weight excluding hydrogens is 114 g/mol. The third-order valence-electron chi connectivity index (χ3n) is 1.83. The summed E-state index contributed by atoms with van der Waals surface area (Å²) in [4.78, 5) is 11.0. The van der Waals surface area contributed by atoms with Crippen LogP contribution in [0.1, 0.15) is 20.3 Å². The first-order valence-electron chi connectivity index (χ1n) is 3.46. The number of rotatable bonds is 0.